The van der Waals surface area contributed by atoms with Crippen molar-refractivity contribution in [2.24, 2.45) is 0 Å². The molecule has 0 radical (unpaired) electrons. The zero-order valence-corrected chi connectivity index (χ0v) is 85.9. The lowest BCUT2D eigenvalue weighted by atomic mass is 9.92. The summed E-state index contributed by atoms with van der Waals surface area (Å²) in [6.07, 6.45) is -10.4. The number of hydrogen-bond donors (Lipinski definition) is 4. The maximum Gasteiger partial charge on any atom is 0.220 e. The summed E-state index contributed by atoms with van der Waals surface area (Å²) >= 11 is 0. The Hall–Kier alpha value is -10.0. The molecule has 8 unspecified atom stereocenters. The Balaban J connectivity index is 0.000000142. The summed E-state index contributed by atoms with van der Waals surface area (Å²) in [4.78, 5) is 12.4. The maximum absolute atomic E-state index is 12.4. The molecular weight excluding hydrogens is 1890 g/mol. The van der Waals surface area contributed by atoms with Crippen molar-refractivity contribution in [2.75, 3.05) is 61.0 Å². The summed E-state index contributed by atoms with van der Waals surface area (Å²) in [5, 5.41) is 39.7. The molecule has 0 aromatic heterocycles. The number of Topliss-reactive ketones (excluding diaryl/α,β-unsaturated/α-hetero) is 1. The number of carbonyl (C=O) groups excluding carboxylic acids is 1. The SMILES string of the molecule is CC1(C)OC2O[C@H](CO)[C@@H](O)C2O1.CC1(C)OC2O[C@H](COCc3ccccc3)[C@@H](OCc3ccccc3)C2O1.COC1O[C@H](COCc2ccccc2)[C@@H](OCc2ccccc2)C1=O.COC1O[C@H](COCc2ccccc2)[C@@H](OCc2ccccc2)C1O.COC1O[C@H](COCc2ccccc2)[C@@H](OCc2ccccc2)[C@@]1(C)O.C[C@H]1O[C@H](COCc2ccccc2)[C@@H](OCc2ccccc2)[C@]1(C)OCc1ccccc1. The van der Waals surface area contributed by atoms with E-state index in [0.29, 0.717) is 99.1 Å². The van der Waals surface area contributed by atoms with Crippen LogP contribution in [0.15, 0.2) is 334 Å². The number of hydrogen-bond acceptors (Lipinski definition) is 29. The minimum absolute atomic E-state index is 0.127. The number of rotatable bonds is 42. The van der Waals surface area contributed by atoms with Gasteiger partial charge in [-0.2, -0.15) is 0 Å². The zero-order chi connectivity index (χ0) is 104. The summed E-state index contributed by atoms with van der Waals surface area (Å²) < 4.78 is 139. The number of benzene rings is 11. The van der Waals surface area contributed by atoms with Crippen LogP contribution in [-0.2, 0) is 191 Å². The first-order chi connectivity index (χ1) is 71.9. The molecule has 29 heteroatoms. The molecule has 23 atom stereocenters. The van der Waals surface area contributed by atoms with Crippen LogP contribution in [0.25, 0.3) is 0 Å². The van der Waals surface area contributed by atoms with Gasteiger partial charge < -0.3 is 134 Å². The Kier molecular flexibility index (Phi) is 44.5. The lowest BCUT2D eigenvalue weighted by Crippen LogP contribution is -2.49. The van der Waals surface area contributed by atoms with Gasteiger partial charge in [0, 0.05) is 21.3 Å². The number of aliphatic hydroxyl groups is 4. The fourth-order valence-corrected chi connectivity index (χ4v) is 18.1. The fraction of sp³-hybridized carbons (Fsp3) is 0.437. The van der Waals surface area contributed by atoms with E-state index in [0.717, 1.165) is 61.2 Å². The van der Waals surface area contributed by atoms with Gasteiger partial charge in [0.1, 0.15) is 103 Å². The number of carbonyl (C=O) groups is 1. The molecule has 0 saturated carbocycles. The molecule has 29 nitrogen and oxygen atoms in total. The van der Waals surface area contributed by atoms with Gasteiger partial charge in [-0.3, -0.25) is 4.79 Å². The van der Waals surface area contributed by atoms with Crippen LogP contribution >= 0.6 is 0 Å². The quantitative estimate of drug-likeness (QED) is 0.0276. The van der Waals surface area contributed by atoms with Crippen molar-refractivity contribution in [1.29, 1.82) is 0 Å². The molecular formula is C119H144O29. The molecule has 4 N–H and O–H groups in total. The second-order valence-corrected chi connectivity index (χ2v) is 38.3. The molecule has 8 heterocycles. The minimum Gasteiger partial charge on any atom is -0.394 e. The molecule has 8 saturated heterocycles. The normalized spacial score (nSPS) is 28.2. The molecule has 0 spiro atoms. The van der Waals surface area contributed by atoms with E-state index in [-0.39, 0.29) is 61.7 Å². The highest BCUT2D eigenvalue weighted by atomic mass is 16.9. The first kappa shape index (κ1) is 114. The third-order valence-corrected chi connectivity index (χ3v) is 26.0. The molecule has 148 heavy (non-hydrogen) atoms. The highest BCUT2D eigenvalue weighted by Crippen LogP contribution is 2.43. The van der Waals surface area contributed by atoms with E-state index in [4.69, 9.17) is 119 Å². The van der Waals surface area contributed by atoms with Crippen LogP contribution in [0.2, 0.25) is 0 Å². The summed E-state index contributed by atoms with van der Waals surface area (Å²) in [6.45, 7) is 19.8. The lowest BCUT2D eigenvalue weighted by Gasteiger charge is -2.34. The molecule has 11 aromatic carbocycles. The van der Waals surface area contributed by atoms with Gasteiger partial charge in [-0.15, -0.1) is 0 Å². The van der Waals surface area contributed by atoms with Gasteiger partial charge >= 0.3 is 0 Å². The molecule has 0 amide bonds. The van der Waals surface area contributed by atoms with Crippen molar-refractivity contribution in [3.8, 4) is 0 Å². The minimum atomic E-state index is -1.26. The van der Waals surface area contributed by atoms with Gasteiger partial charge in [0.05, 0.1) is 118 Å². The fourth-order valence-electron chi connectivity index (χ4n) is 18.1. The van der Waals surface area contributed by atoms with Crippen LogP contribution in [0.4, 0.5) is 0 Å². The Morgan fingerprint density at radius 2 is 0.608 bits per heavy atom. The molecule has 8 fully saturated rings. The molecule has 0 bridgehead atoms. The average Bonchev–Trinajstić information content (AvgIpc) is 1.62. The summed E-state index contributed by atoms with van der Waals surface area (Å²) in [6, 6.07) is 110. The molecule has 0 aliphatic carbocycles. The Morgan fingerprint density at radius 3 is 0.973 bits per heavy atom. The second kappa shape index (κ2) is 58.0. The highest BCUT2D eigenvalue weighted by Gasteiger charge is 2.59. The van der Waals surface area contributed by atoms with Gasteiger partial charge in [-0.25, -0.2) is 0 Å². The van der Waals surface area contributed by atoms with E-state index in [1.807, 2.05) is 311 Å². The van der Waals surface area contributed by atoms with Crippen molar-refractivity contribution >= 4 is 5.78 Å². The van der Waals surface area contributed by atoms with Crippen LogP contribution in [0, 0.1) is 0 Å². The van der Waals surface area contributed by atoms with E-state index >= 15 is 0 Å². The average molecular weight is 2040 g/mol. The monoisotopic (exact) mass is 2040 g/mol. The van der Waals surface area contributed by atoms with Gasteiger partial charge in [0.15, 0.2) is 36.7 Å². The number of ether oxygens (including phenoxy) is 24. The first-order valence-corrected chi connectivity index (χ1v) is 50.4. The van der Waals surface area contributed by atoms with Gasteiger partial charge in [0.2, 0.25) is 12.1 Å². The van der Waals surface area contributed by atoms with Crippen LogP contribution in [-0.4, -0.2) is 239 Å². The predicted molar refractivity (Wildman–Crippen MR) is 549 cm³/mol. The third-order valence-electron chi connectivity index (χ3n) is 26.0. The van der Waals surface area contributed by atoms with Crippen LogP contribution in [0.3, 0.4) is 0 Å². The predicted octanol–water partition coefficient (Wildman–Crippen LogP) is 16.6. The lowest BCUT2D eigenvalue weighted by molar-refractivity contribution is -0.225. The van der Waals surface area contributed by atoms with Gasteiger partial charge in [-0.05, 0) is 110 Å². The maximum atomic E-state index is 12.4. The van der Waals surface area contributed by atoms with E-state index in [9.17, 15) is 20.1 Å². The van der Waals surface area contributed by atoms with Crippen molar-refractivity contribution in [3.63, 3.8) is 0 Å². The Labute approximate surface area is 868 Å². The third kappa shape index (κ3) is 33.7. The summed E-state index contributed by atoms with van der Waals surface area (Å²) in [5.41, 5.74) is 10.1. The topological polar surface area (TPSA) is 320 Å². The first-order valence-electron chi connectivity index (χ1n) is 50.4. The standard InChI is InChI=1S/C28H32O4.C22H26O5.C21H26O5.C20H24O5.C20H22O5.C8H14O5/c1-22-28(2,31-20-25-16-10-5-11-17-25)27(30-19-24-14-8-4-9-15-24)26(32-22)21-29-18-23-12-6-3-7-13-23;1-22(2)26-20-19(24-14-17-11-7-4-8-12-17)18(25-21(20)27-22)15-23-13-16-9-5-3-6-10-16;1-21(22)19(25-14-17-11-7-4-8-12-17)18(26-20(21)23-2)15-24-13-16-9-5-3-6-10-16;2*1-22-20-18(21)19(24-13-16-10-6-3-7-11-16)17(25-20)14-23-12-15-8-4-2-5-9-15;1-8(2)12-6-5(10)4(3-9)11-7(6)13-8/h3-17,22,26-27H,18-21H2,1-2H3;3-12,18-21H,13-15H2,1-2H3;3-12,18-20,22H,13-15H2,1-2H3;2-11,17-21H,12-14H2,1H3;2-11,17,19-20H,12-14H2,1H3;4-7,9-10H,3H2,1-2H3/t22-,26-,27-,28-;18-,19-,20?,21?;18-,19-,20?,21-;17-,18?,19-,20?;17-,19-,20?;4-,5-,6?,7?/m111111/s1. The number of aliphatic hydroxyl groups excluding tert-OH is 3. The van der Waals surface area contributed by atoms with Crippen LogP contribution in [0.1, 0.15) is 110 Å². The van der Waals surface area contributed by atoms with Crippen LogP contribution < -0.4 is 0 Å². The second-order valence-electron chi connectivity index (χ2n) is 38.3. The van der Waals surface area contributed by atoms with Gasteiger partial charge in [0.25, 0.3) is 0 Å². The van der Waals surface area contributed by atoms with E-state index < -0.39 is 109 Å². The summed E-state index contributed by atoms with van der Waals surface area (Å²) in [7, 11) is 4.47. The van der Waals surface area contributed by atoms with Crippen molar-refractivity contribution in [3.05, 3.63) is 395 Å². The Bertz CT molecular complexity index is 5500. The number of fused-ring (bicyclic) bond motifs is 2. The van der Waals surface area contributed by atoms with Crippen molar-refractivity contribution in [1.82, 2.24) is 0 Å². The smallest absolute Gasteiger partial charge is 0.220 e. The number of ketones is 1. The molecule has 8 aliphatic rings. The Morgan fingerprint density at radius 1 is 0.297 bits per heavy atom. The molecule has 794 valence electrons. The van der Waals surface area contributed by atoms with Crippen LogP contribution in [0.5, 0.6) is 0 Å². The number of methoxy groups -OCH3 is 3. The highest BCUT2D eigenvalue weighted by molar-refractivity contribution is 5.88. The molecule has 19 rings (SSSR count). The van der Waals surface area contributed by atoms with E-state index in [2.05, 4.69) is 50.2 Å². The zero-order valence-electron chi connectivity index (χ0n) is 85.9. The summed E-state index contributed by atoms with van der Waals surface area (Å²) in [5.74, 6) is -1.58. The molecule has 8 aliphatic heterocycles. The van der Waals surface area contributed by atoms with E-state index in [1.54, 1.807) is 20.8 Å². The molecule has 11 aromatic rings. The van der Waals surface area contributed by atoms with Gasteiger partial charge in [-0.1, -0.05) is 334 Å². The van der Waals surface area contributed by atoms with Crippen molar-refractivity contribution in [2.45, 2.75) is 273 Å². The largest absolute Gasteiger partial charge is 0.394 e. The van der Waals surface area contributed by atoms with E-state index in [1.165, 1.54) is 21.3 Å². The van der Waals surface area contributed by atoms with Crippen molar-refractivity contribution < 1.29 is 139 Å².